The van der Waals surface area contributed by atoms with E-state index in [0.717, 1.165) is 11.3 Å². The van der Waals surface area contributed by atoms with Crippen molar-refractivity contribution in [2.45, 2.75) is 13.5 Å². The largest absolute Gasteiger partial charge is 0.494 e. The number of hydrogen-bond donors (Lipinski definition) is 0. The van der Waals surface area contributed by atoms with E-state index in [-0.39, 0.29) is 5.56 Å². The predicted molar refractivity (Wildman–Crippen MR) is 120 cm³/mol. The Bertz CT molecular complexity index is 1220. The highest BCUT2D eigenvalue weighted by molar-refractivity contribution is 6.30. The standard InChI is InChI=1S/C24H21ClN2O3/c1-2-29-19-6-5-7-20(16-19)30-15-14-27-23(17-10-12-18(25)13-11-17)26-22-9-4-3-8-21(22)24(27)28/h3-13,16H,2,14-15H2,1H3. The number of rotatable bonds is 7. The van der Waals surface area contributed by atoms with Gasteiger partial charge in [-0.2, -0.15) is 0 Å². The van der Waals surface area contributed by atoms with E-state index >= 15 is 0 Å². The van der Waals surface area contributed by atoms with Crippen LogP contribution in [0.15, 0.2) is 77.6 Å². The van der Waals surface area contributed by atoms with Crippen LogP contribution in [-0.2, 0) is 6.54 Å². The van der Waals surface area contributed by atoms with Gasteiger partial charge < -0.3 is 9.47 Å². The first-order valence-electron chi connectivity index (χ1n) is 9.77. The molecule has 6 heteroatoms. The molecule has 0 aliphatic heterocycles. The van der Waals surface area contributed by atoms with E-state index in [4.69, 9.17) is 26.1 Å². The molecule has 0 fully saturated rings. The number of benzene rings is 3. The van der Waals surface area contributed by atoms with Crippen LogP contribution in [0.3, 0.4) is 0 Å². The van der Waals surface area contributed by atoms with E-state index in [1.807, 2.05) is 61.5 Å². The molecule has 1 aromatic heterocycles. The fourth-order valence-electron chi connectivity index (χ4n) is 3.27. The van der Waals surface area contributed by atoms with Gasteiger partial charge in [-0.05, 0) is 55.5 Å². The van der Waals surface area contributed by atoms with Gasteiger partial charge in [0.05, 0.1) is 24.1 Å². The molecule has 3 aromatic carbocycles. The first kappa shape index (κ1) is 20.0. The topological polar surface area (TPSA) is 53.4 Å². The summed E-state index contributed by atoms with van der Waals surface area (Å²) in [6, 6.07) is 22.1. The average Bonchev–Trinajstić information content (AvgIpc) is 2.76. The number of aromatic nitrogens is 2. The maximum Gasteiger partial charge on any atom is 0.261 e. The Kier molecular flexibility index (Phi) is 6.00. The van der Waals surface area contributed by atoms with Crippen molar-refractivity contribution in [3.63, 3.8) is 0 Å². The second-order valence-corrected chi connectivity index (χ2v) is 7.11. The Balaban J connectivity index is 1.66. The third-order valence-electron chi connectivity index (χ3n) is 4.66. The molecule has 4 rings (SSSR count). The Hall–Kier alpha value is -3.31. The minimum absolute atomic E-state index is 0.0998. The average molecular weight is 421 g/mol. The van der Waals surface area contributed by atoms with Crippen molar-refractivity contribution in [3.05, 3.63) is 88.2 Å². The normalized spacial score (nSPS) is 10.9. The smallest absolute Gasteiger partial charge is 0.261 e. The summed E-state index contributed by atoms with van der Waals surface area (Å²) in [7, 11) is 0. The van der Waals surface area contributed by atoms with E-state index in [1.165, 1.54) is 0 Å². The first-order valence-corrected chi connectivity index (χ1v) is 10.1. The van der Waals surface area contributed by atoms with Gasteiger partial charge in [0.2, 0.25) is 0 Å². The van der Waals surface area contributed by atoms with Crippen molar-refractivity contribution >= 4 is 22.5 Å². The fourth-order valence-corrected chi connectivity index (χ4v) is 3.40. The summed E-state index contributed by atoms with van der Waals surface area (Å²) >= 11 is 6.03. The Morgan fingerprint density at radius 2 is 1.67 bits per heavy atom. The summed E-state index contributed by atoms with van der Waals surface area (Å²) in [4.78, 5) is 17.9. The van der Waals surface area contributed by atoms with Crippen molar-refractivity contribution in [1.29, 1.82) is 0 Å². The molecule has 0 atom stereocenters. The van der Waals surface area contributed by atoms with Gasteiger partial charge in [-0.1, -0.05) is 29.8 Å². The molecule has 0 N–H and O–H groups in total. The highest BCUT2D eigenvalue weighted by Gasteiger charge is 2.13. The lowest BCUT2D eigenvalue weighted by atomic mass is 10.2. The van der Waals surface area contributed by atoms with E-state index in [9.17, 15) is 4.79 Å². The minimum atomic E-state index is -0.0998. The Labute approximate surface area is 179 Å². The summed E-state index contributed by atoms with van der Waals surface area (Å²) in [5, 5.41) is 1.21. The maximum absolute atomic E-state index is 13.2. The van der Waals surface area contributed by atoms with Gasteiger partial charge >= 0.3 is 0 Å². The van der Waals surface area contributed by atoms with E-state index in [2.05, 4.69) is 0 Å². The lowest BCUT2D eigenvalue weighted by molar-refractivity contribution is 0.292. The number of hydrogen-bond acceptors (Lipinski definition) is 4. The highest BCUT2D eigenvalue weighted by Crippen LogP contribution is 2.22. The van der Waals surface area contributed by atoms with Crippen molar-refractivity contribution in [1.82, 2.24) is 9.55 Å². The number of para-hydroxylation sites is 1. The van der Waals surface area contributed by atoms with E-state index < -0.39 is 0 Å². The van der Waals surface area contributed by atoms with E-state index in [1.54, 1.807) is 22.8 Å². The molecule has 0 unspecified atom stereocenters. The van der Waals surface area contributed by atoms with Gasteiger partial charge in [0.1, 0.15) is 23.9 Å². The lowest BCUT2D eigenvalue weighted by Crippen LogP contribution is -2.26. The quantitative estimate of drug-likeness (QED) is 0.412. The van der Waals surface area contributed by atoms with Crippen LogP contribution >= 0.6 is 11.6 Å². The third kappa shape index (κ3) is 4.31. The van der Waals surface area contributed by atoms with Gasteiger partial charge in [-0.25, -0.2) is 4.98 Å². The second kappa shape index (κ2) is 9.01. The minimum Gasteiger partial charge on any atom is -0.494 e. The van der Waals surface area contributed by atoms with Crippen molar-refractivity contribution in [2.24, 2.45) is 0 Å². The van der Waals surface area contributed by atoms with Gasteiger partial charge in [-0.15, -0.1) is 0 Å². The fraction of sp³-hybridized carbons (Fsp3) is 0.167. The van der Waals surface area contributed by atoms with Crippen LogP contribution in [0.4, 0.5) is 0 Å². The number of ether oxygens (including phenoxy) is 2. The van der Waals surface area contributed by atoms with Gasteiger partial charge in [-0.3, -0.25) is 9.36 Å². The molecule has 0 amide bonds. The molecule has 0 spiro atoms. The highest BCUT2D eigenvalue weighted by atomic mass is 35.5. The molecule has 0 bridgehead atoms. The van der Waals surface area contributed by atoms with Crippen LogP contribution in [0, 0.1) is 0 Å². The summed E-state index contributed by atoms with van der Waals surface area (Å²) in [5.74, 6) is 2.03. The van der Waals surface area contributed by atoms with Gasteiger partial charge in [0.15, 0.2) is 0 Å². The molecule has 152 valence electrons. The molecule has 0 aliphatic rings. The first-order chi connectivity index (χ1) is 14.7. The van der Waals surface area contributed by atoms with Gasteiger partial charge in [0.25, 0.3) is 5.56 Å². The summed E-state index contributed by atoms with van der Waals surface area (Å²) in [5.41, 5.74) is 1.38. The zero-order valence-corrected chi connectivity index (χ0v) is 17.3. The maximum atomic E-state index is 13.2. The molecule has 5 nitrogen and oxygen atoms in total. The van der Waals surface area contributed by atoms with Crippen LogP contribution in [0.25, 0.3) is 22.3 Å². The number of halogens is 1. The van der Waals surface area contributed by atoms with Crippen molar-refractivity contribution < 1.29 is 9.47 Å². The summed E-state index contributed by atoms with van der Waals surface area (Å²) in [6.45, 7) is 3.20. The van der Waals surface area contributed by atoms with Gasteiger partial charge in [0, 0.05) is 16.7 Å². The molecule has 4 aromatic rings. The van der Waals surface area contributed by atoms with Crippen LogP contribution < -0.4 is 15.0 Å². The SMILES string of the molecule is CCOc1cccc(OCCn2c(-c3ccc(Cl)cc3)nc3ccccc3c2=O)c1. The molecular formula is C24H21ClN2O3. The predicted octanol–water partition coefficient (Wildman–Crippen LogP) is 5.19. The molecule has 30 heavy (non-hydrogen) atoms. The molecule has 1 heterocycles. The molecule has 0 saturated heterocycles. The van der Waals surface area contributed by atoms with Crippen LogP contribution in [0.1, 0.15) is 6.92 Å². The lowest BCUT2D eigenvalue weighted by Gasteiger charge is -2.15. The zero-order chi connectivity index (χ0) is 20.9. The second-order valence-electron chi connectivity index (χ2n) is 6.67. The van der Waals surface area contributed by atoms with Crippen LogP contribution in [0.5, 0.6) is 11.5 Å². The third-order valence-corrected chi connectivity index (χ3v) is 4.92. The molecular weight excluding hydrogens is 400 g/mol. The Morgan fingerprint density at radius 1 is 0.933 bits per heavy atom. The summed E-state index contributed by atoms with van der Waals surface area (Å²) < 4.78 is 13.0. The summed E-state index contributed by atoms with van der Waals surface area (Å²) in [6.07, 6.45) is 0. The number of fused-ring (bicyclic) bond motifs is 1. The monoisotopic (exact) mass is 420 g/mol. The zero-order valence-electron chi connectivity index (χ0n) is 16.5. The van der Waals surface area contributed by atoms with E-state index in [0.29, 0.717) is 47.3 Å². The Morgan fingerprint density at radius 3 is 2.43 bits per heavy atom. The van der Waals surface area contributed by atoms with Crippen molar-refractivity contribution in [3.8, 4) is 22.9 Å². The number of nitrogens with zero attached hydrogens (tertiary/aromatic N) is 2. The molecule has 0 radical (unpaired) electrons. The van der Waals surface area contributed by atoms with Crippen LogP contribution in [0.2, 0.25) is 5.02 Å². The molecule has 0 aliphatic carbocycles. The van der Waals surface area contributed by atoms with Crippen molar-refractivity contribution in [2.75, 3.05) is 13.2 Å². The van der Waals surface area contributed by atoms with Crippen LogP contribution in [-0.4, -0.2) is 22.8 Å². The molecule has 0 saturated carbocycles.